The molecule has 0 saturated carbocycles. The van der Waals surface area contributed by atoms with E-state index in [9.17, 15) is 14.7 Å². The van der Waals surface area contributed by atoms with Gasteiger partial charge in [-0.15, -0.1) is 24.8 Å². The highest BCUT2D eigenvalue weighted by Crippen LogP contribution is 2.30. The van der Waals surface area contributed by atoms with Crippen LogP contribution in [-0.2, 0) is 12.8 Å². The van der Waals surface area contributed by atoms with E-state index < -0.39 is 6.10 Å². The maximum Gasteiger partial charge on any atom is 0.261 e. The summed E-state index contributed by atoms with van der Waals surface area (Å²) in [6.07, 6.45) is 2.93. The number of rotatable bonds is 8. The van der Waals surface area contributed by atoms with Gasteiger partial charge in [0.05, 0.1) is 0 Å². The third-order valence-electron chi connectivity index (χ3n) is 7.94. The fourth-order valence-electron chi connectivity index (χ4n) is 5.90. The standard InChI is InChI=1S/C30H33N3O4.2ClH/c34-24(20-37-25-11-10-21-4-1-7-23(21)18-25)19-32-14-12-31(13-15-32)16-17-33-29(35)26-8-2-5-22-6-3-9-27(28(22)26)30(33)36;;/h2-3,5-6,8-11,18,24,34H,1,4,7,12-17,19-20H2;2*1H. The van der Waals surface area contributed by atoms with Crippen molar-refractivity contribution in [2.24, 2.45) is 0 Å². The smallest absolute Gasteiger partial charge is 0.261 e. The van der Waals surface area contributed by atoms with Gasteiger partial charge >= 0.3 is 0 Å². The SMILES string of the molecule is Cl.Cl.O=C1c2cccc3cccc(c23)C(=O)N1CCN1CCN(CC(O)COc2ccc3c(c2)CCC3)CC1. The highest BCUT2D eigenvalue weighted by Gasteiger charge is 2.33. The second-order valence-electron chi connectivity index (χ2n) is 10.4. The predicted octanol–water partition coefficient (Wildman–Crippen LogP) is 3.83. The molecule has 1 aliphatic carbocycles. The van der Waals surface area contributed by atoms with Crippen LogP contribution in [0.5, 0.6) is 5.75 Å². The number of halogens is 2. The Balaban J connectivity index is 0.00000176. The monoisotopic (exact) mass is 571 g/mol. The Labute approximate surface area is 241 Å². The van der Waals surface area contributed by atoms with E-state index in [1.165, 1.54) is 22.4 Å². The van der Waals surface area contributed by atoms with Gasteiger partial charge in [-0.2, -0.15) is 0 Å². The van der Waals surface area contributed by atoms with E-state index in [4.69, 9.17) is 4.74 Å². The zero-order chi connectivity index (χ0) is 25.4. The molecule has 1 fully saturated rings. The van der Waals surface area contributed by atoms with Gasteiger partial charge in [-0.1, -0.05) is 30.3 Å². The number of benzene rings is 3. The second kappa shape index (κ2) is 12.7. The summed E-state index contributed by atoms with van der Waals surface area (Å²) in [6.45, 7) is 5.21. The van der Waals surface area contributed by atoms with E-state index in [1.807, 2.05) is 42.5 Å². The minimum Gasteiger partial charge on any atom is -0.491 e. The molecular formula is C30H35Cl2N3O4. The van der Waals surface area contributed by atoms with Gasteiger partial charge in [0.25, 0.3) is 11.8 Å². The quantitative estimate of drug-likeness (QED) is 0.414. The lowest BCUT2D eigenvalue weighted by Crippen LogP contribution is -2.51. The summed E-state index contributed by atoms with van der Waals surface area (Å²) in [6, 6.07) is 17.5. The normalized spacial score (nSPS) is 17.9. The minimum absolute atomic E-state index is 0. The van der Waals surface area contributed by atoms with Crippen LogP contribution in [0, 0.1) is 0 Å². The molecule has 0 radical (unpaired) electrons. The van der Waals surface area contributed by atoms with E-state index in [-0.39, 0.29) is 43.2 Å². The molecule has 6 rings (SSSR count). The first-order valence-corrected chi connectivity index (χ1v) is 13.3. The third-order valence-corrected chi connectivity index (χ3v) is 7.94. The number of carbonyl (C=O) groups excluding carboxylic acids is 2. The molecule has 2 amide bonds. The first-order valence-electron chi connectivity index (χ1n) is 13.3. The molecule has 1 N–H and O–H groups in total. The number of hydrogen-bond donors (Lipinski definition) is 1. The lowest BCUT2D eigenvalue weighted by Gasteiger charge is -2.36. The number of amides is 2. The number of ether oxygens (including phenoxy) is 1. The Hall–Kier alpha value is -2.68. The van der Waals surface area contributed by atoms with Crippen LogP contribution in [0.25, 0.3) is 10.8 Å². The molecule has 1 atom stereocenters. The van der Waals surface area contributed by atoms with Crippen LogP contribution in [-0.4, -0.2) is 90.1 Å². The highest BCUT2D eigenvalue weighted by molar-refractivity contribution is 6.25. The molecule has 208 valence electrons. The van der Waals surface area contributed by atoms with Crippen LogP contribution < -0.4 is 4.74 Å². The number of hydrogen-bond acceptors (Lipinski definition) is 6. The predicted molar refractivity (Wildman–Crippen MR) is 157 cm³/mol. The van der Waals surface area contributed by atoms with Crippen molar-refractivity contribution in [1.29, 1.82) is 0 Å². The largest absolute Gasteiger partial charge is 0.491 e. The molecular weight excluding hydrogens is 537 g/mol. The minimum atomic E-state index is -0.550. The van der Waals surface area contributed by atoms with Crippen LogP contribution in [0.4, 0.5) is 0 Å². The molecule has 39 heavy (non-hydrogen) atoms. The molecule has 0 bridgehead atoms. The van der Waals surface area contributed by atoms with Crippen LogP contribution in [0.15, 0.2) is 54.6 Å². The number of β-amino-alcohol motifs (C(OH)–C–C–N with tert-alkyl or cyclic N) is 1. The molecule has 3 aromatic carbocycles. The van der Waals surface area contributed by atoms with Gasteiger partial charge in [-0.25, -0.2) is 0 Å². The Bertz CT molecular complexity index is 1290. The van der Waals surface area contributed by atoms with Crippen molar-refractivity contribution in [2.75, 3.05) is 52.4 Å². The molecule has 2 heterocycles. The molecule has 0 aromatic heterocycles. The summed E-state index contributed by atoms with van der Waals surface area (Å²) < 4.78 is 5.87. The summed E-state index contributed by atoms with van der Waals surface area (Å²) in [7, 11) is 0. The van der Waals surface area contributed by atoms with Crippen LogP contribution in [0.2, 0.25) is 0 Å². The molecule has 1 unspecified atom stereocenters. The summed E-state index contributed by atoms with van der Waals surface area (Å²) in [5.41, 5.74) is 4.00. The second-order valence-corrected chi connectivity index (χ2v) is 10.4. The van der Waals surface area contributed by atoms with Gasteiger partial charge in [0, 0.05) is 62.3 Å². The molecule has 7 nitrogen and oxygen atoms in total. The first kappa shape index (κ1) is 29.3. The number of carbonyl (C=O) groups is 2. The van der Waals surface area contributed by atoms with Gasteiger partial charge in [-0.3, -0.25) is 24.3 Å². The first-order chi connectivity index (χ1) is 18.1. The van der Waals surface area contributed by atoms with Gasteiger partial charge in [0.1, 0.15) is 18.5 Å². The molecule has 3 aromatic rings. The fourth-order valence-corrected chi connectivity index (χ4v) is 5.90. The van der Waals surface area contributed by atoms with Crippen molar-refractivity contribution in [3.05, 3.63) is 76.9 Å². The maximum absolute atomic E-state index is 13.1. The van der Waals surface area contributed by atoms with Crippen LogP contribution >= 0.6 is 24.8 Å². The summed E-state index contributed by atoms with van der Waals surface area (Å²) in [4.78, 5) is 32.2. The van der Waals surface area contributed by atoms with E-state index in [1.54, 1.807) is 0 Å². The molecule has 3 aliphatic rings. The van der Waals surface area contributed by atoms with Gasteiger partial charge in [0.15, 0.2) is 0 Å². The number of nitrogens with zero attached hydrogens (tertiary/aromatic N) is 3. The summed E-state index contributed by atoms with van der Waals surface area (Å²) in [5, 5.41) is 12.2. The van der Waals surface area contributed by atoms with Gasteiger partial charge in [0.2, 0.25) is 0 Å². The summed E-state index contributed by atoms with van der Waals surface area (Å²) in [5.74, 6) is 0.420. The number of imide groups is 1. The number of aliphatic hydroxyl groups is 1. The third kappa shape index (κ3) is 6.08. The lowest BCUT2D eigenvalue weighted by atomic mass is 9.94. The lowest BCUT2D eigenvalue weighted by molar-refractivity contribution is 0.0416. The van der Waals surface area contributed by atoms with Gasteiger partial charge in [-0.05, 0) is 60.0 Å². The fraction of sp³-hybridized carbons (Fsp3) is 0.400. The maximum atomic E-state index is 13.1. The highest BCUT2D eigenvalue weighted by atomic mass is 35.5. The Kier molecular flexibility index (Phi) is 9.51. The number of fused-ring (bicyclic) bond motifs is 1. The van der Waals surface area contributed by atoms with E-state index in [2.05, 4.69) is 21.9 Å². The number of piperazine rings is 1. The summed E-state index contributed by atoms with van der Waals surface area (Å²) >= 11 is 0. The van der Waals surface area contributed by atoms with E-state index >= 15 is 0 Å². The topological polar surface area (TPSA) is 73.3 Å². The van der Waals surface area contributed by atoms with Crippen molar-refractivity contribution in [3.63, 3.8) is 0 Å². The van der Waals surface area contributed by atoms with Crippen LogP contribution in [0.1, 0.15) is 38.3 Å². The average molecular weight is 573 g/mol. The van der Waals surface area contributed by atoms with E-state index in [0.717, 1.165) is 55.5 Å². The molecule has 9 heteroatoms. The van der Waals surface area contributed by atoms with E-state index in [0.29, 0.717) is 30.8 Å². The number of aliphatic hydroxyl groups excluding tert-OH is 1. The van der Waals surface area contributed by atoms with Crippen molar-refractivity contribution in [1.82, 2.24) is 14.7 Å². The molecule has 0 spiro atoms. The Morgan fingerprint density at radius 1 is 0.795 bits per heavy atom. The Morgan fingerprint density at radius 3 is 2.13 bits per heavy atom. The van der Waals surface area contributed by atoms with Gasteiger partial charge < -0.3 is 9.84 Å². The average Bonchev–Trinajstić information content (AvgIpc) is 3.39. The zero-order valence-electron chi connectivity index (χ0n) is 21.9. The van der Waals surface area contributed by atoms with Crippen molar-refractivity contribution >= 4 is 47.4 Å². The van der Waals surface area contributed by atoms with Crippen molar-refractivity contribution < 1.29 is 19.4 Å². The van der Waals surface area contributed by atoms with Crippen molar-refractivity contribution in [2.45, 2.75) is 25.4 Å². The molecule has 1 saturated heterocycles. The Morgan fingerprint density at radius 2 is 1.44 bits per heavy atom. The molecule has 2 aliphatic heterocycles. The van der Waals surface area contributed by atoms with Crippen molar-refractivity contribution in [3.8, 4) is 5.75 Å². The van der Waals surface area contributed by atoms with Crippen LogP contribution in [0.3, 0.4) is 0 Å². The number of aryl methyl sites for hydroxylation is 2. The zero-order valence-corrected chi connectivity index (χ0v) is 23.5.